The Kier molecular flexibility index (Phi) is 3.62. The molecule has 1 aromatic heterocycles. The molecule has 116 valence electrons. The molecule has 3 heterocycles. The minimum atomic E-state index is 0.145. The van der Waals surface area contributed by atoms with Crippen molar-refractivity contribution in [2.45, 2.75) is 51.1 Å². The van der Waals surface area contributed by atoms with Gasteiger partial charge in [-0.1, -0.05) is 0 Å². The maximum Gasteiger partial charge on any atom is 0.224 e. The van der Waals surface area contributed by atoms with E-state index in [0.29, 0.717) is 24.4 Å². The number of hydrogen-bond acceptors (Lipinski definition) is 4. The number of rotatable bonds is 3. The molecule has 2 bridgehead atoms. The van der Waals surface area contributed by atoms with Crippen molar-refractivity contribution >= 4 is 33.1 Å². The molecule has 0 radical (unpaired) electrons. The summed E-state index contributed by atoms with van der Waals surface area (Å²) in [7, 11) is 0. The maximum atomic E-state index is 12.3. The van der Waals surface area contributed by atoms with Gasteiger partial charge in [0, 0.05) is 24.2 Å². The molecule has 5 heteroatoms. The zero-order valence-electron chi connectivity index (χ0n) is 12.8. The lowest BCUT2D eigenvalue weighted by atomic mass is 9.89. The van der Waals surface area contributed by atoms with E-state index >= 15 is 0 Å². The third-order valence-electron chi connectivity index (χ3n) is 4.82. The van der Waals surface area contributed by atoms with Crippen LogP contribution in [0.3, 0.4) is 0 Å². The van der Waals surface area contributed by atoms with Gasteiger partial charge in [-0.15, -0.1) is 11.3 Å². The highest BCUT2D eigenvalue weighted by Gasteiger charge is 2.34. The monoisotopic (exact) mass is 315 g/mol. The van der Waals surface area contributed by atoms with Crippen molar-refractivity contribution in [1.82, 2.24) is 10.3 Å². The number of anilines is 1. The number of nitrogens with zero attached hydrogens (tertiary/aromatic N) is 1. The molecule has 1 aromatic carbocycles. The second kappa shape index (κ2) is 5.63. The smallest absolute Gasteiger partial charge is 0.224 e. The molecule has 2 N–H and O–H groups in total. The zero-order chi connectivity index (χ0) is 15.1. The van der Waals surface area contributed by atoms with E-state index in [-0.39, 0.29) is 5.91 Å². The van der Waals surface area contributed by atoms with E-state index in [2.05, 4.69) is 15.6 Å². The molecule has 2 aliphatic rings. The Morgan fingerprint density at radius 2 is 2.14 bits per heavy atom. The van der Waals surface area contributed by atoms with Crippen LogP contribution in [0.5, 0.6) is 0 Å². The van der Waals surface area contributed by atoms with E-state index in [4.69, 9.17) is 0 Å². The minimum absolute atomic E-state index is 0.145. The zero-order valence-corrected chi connectivity index (χ0v) is 13.6. The molecule has 4 rings (SSSR count). The van der Waals surface area contributed by atoms with Crippen LogP contribution in [0.2, 0.25) is 0 Å². The normalized spacial score (nSPS) is 27.2. The molecule has 0 aliphatic carbocycles. The molecule has 2 unspecified atom stereocenters. The van der Waals surface area contributed by atoms with E-state index in [1.54, 1.807) is 11.3 Å². The first-order valence-electron chi connectivity index (χ1n) is 8.09. The average Bonchev–Trinajstić information content (AvgIpc) is 2.99. The molecule has 2 aromatic rings. The molecule has 4 nitrogen and oxygen atoms in total. The van der Waals surface area contributed by atoms with E-state index in [1.165, 1.54) is 12.8 Å². The van der Waals surface area contributed by atoms with Gasteiger partial charge in [0.05, 0.1) is 15.2 Å². The van der Waals surface area contributed by atoms with Crippen molar-refractivity contribution in [2.75, 3.05) is 5.32 Å². The number of benzene rings is 1. The fraction of sp³-hybridized carbons (Fsp3) is 0.529. The second-order valence-electron chi connectivity index (χ2n) is 6.64. The molecule has 0 spiro atoms. The average molecular weight is 315 g/mol. The highest BCUT2D eigenvalue weighted by atomic mass is 32.1. The standard InChI is InChI=1S/C17H21N3OS/c1-10-18-15-5-4-14(9-16(15)22-10)20-17(21)8-11-6-12-2-3-13(7-11)19-12/h4-5,9,11-13,19H,2-3,6-8H2,1H3,(H,20,21). The van der Waals surface area contributed by atoms with Crippen LogP contribution in [0.25, 0.3) is 10.2 Å². The fourth-order valence-electron chi connectivity index (χ4n) is 3.93. The Morgan fingerprint density at radius 1 is 1.36 bits per heavy atom. The number of carbonyl (C=O) groups excluding carboxylic acids is 1. The second-order valence-corrected chi connectivity index (χ2v) is 7.88. The highest BCUT2D eigenvalue weighted by Crippen LogP contribution is 2.33. The van der Waals surface area contributed by atoms with Crippen molar-refractivity contribution in [3.05, 3.63) is 23.2 Å². The van der Waals surface area contributed by atoms with Crippen molar-refractivity contribution in [3.63, 3.8) is 0 Å². The number of fused-ring (bicyclic) bond motifs is 3. The Balaban J connectivity index is 1.40. The summed E-state index contributed by atoms with van der Waals surface area (Å²) < 4.78 is 1.13. The van der Waals surface area contributed by atoms with Gasteiger partial charge in [-0.05, 0) is 56.7 Å². The van der Waals surface area contributed by atoms with Crippen LogP contribution in [-0.2, 0) is 4.79 Å². The quantitative estimate of drug-likeness (QED) is 0.912. The predicted molar refractivity (Wildman–Crippen MR) is 90.3 cm³/mol. The minimum Gasteiger partial charge on any atom is -0.326 e. The van der Waals surface area contributed by atoms with Gasteiger partial charge in [-0.25, -0.2) is 4.98 Å². The third-order valence-corrected chi connectivity index (χ3v) is 5.76. The van der Waals surface area contributed by atoms with Crippen molar-refractivity contribution in [3.8, 4) is 0 Å². The third kappa shape index (κ3) is 2.88. The summed E-state index contributed by atoms with van der Waals surface area (Å²) in [6.45, 7) is 2.01. The number of thiazole rings is 1. The van der Waals surface area contributed by atoms with Crippen LogP contribution < -0.4 is 10.6 Å². The van der Waals surface area contributed by atoms with Crippen molar-refractivity contribution in [2.24, 2.45) is 5.92 Å². The lowest BCUT2D eigenvalue weighted by molar-refractivity contribution is -0.117. The summed E-state index contributed by atoms with van der Waals surface area (Å²) in [6, 6.07) is 7.26. The van der Waals surface area contributed by atoms with E-state index in [0.717, 1.165) is 33.8 Å². The molecule has 2 fully saturated rings. The van der Waals surface area contributed by atoms with Gasteiger partial charge >= 0.3 is 0 Å². The van der Waals surface area contributed by atoms with Crippen LogP contribution >= 0.6 is 11.3 Å². The molecule has 1 amide bonds. The number of nitrogens with one attached hydrogen (secondary N) is 2. The summed E-state index contributed by atoms with van der Waals surface area (Å²) in [4.78, 5) is 16.8. The SMILES string of the molecule is Cc1nc2ccc(NC(=O)CC3CC4CCC(C3)N4)cc2s1. The largest absolute Gasteiger partial charge is 0.326 e. The summed E-state index contributed by atoms with van der Waals surface area (Å²) >= 11 is 1.67. The van der Waals surface area contributed by atoms with Gasteiger partial charge in [0.2, 0.25) is 5.91 Å². The van der Waals surface area contributed by atoms with Gasteiger partial charge in [-0.2, -0.15) is 0 Å². The maximum absolute atomic E-state index is 12.3. The molecule has 2 saturated heterocycles. The Bertz CT molecular complexity index is 699. The summed E-state index contributed by atoms with van der Waals surface area (Å²) in [5.74, 6) is 0.681. The van der Waals surface area contributed by atoms with Gasteiger partial charge in [0.25, 0.3) is 0 Å². The van der Waals surface area contributed by atoms with Crippen LogP contribution in [-0.4, -0.2) is 23.0 Å². The lowest BCUT2D eigenvalue weighted by Gasteiger charge is -2.28. The molecule has 2 aliphatic heterocycles. The first-order valence-corrected chi connectivity index (χ1v) is 8.90. The van der Waals surface area contributed by atoms with Crippen LogP contribution in [0, 0.1) is 12.8 Å². The predicted octanol–water partition coefficient (Wildman–Crippen LogP) is 3.46. The van der Waals surface area contributed by atoms with Crippen LogP contribution in [0.15, 0.2) is 18.2 Å². The van der Waals surface area contributed by atoms with Crippen LogP contribution in [0.4, 0.5) is 5.69 Å². The molecule has 2 atom stereocenters. The Hall–Kier alpha value is -1.46. The van der Waals surface area contributed by atoms with Gasteiger partial charge in [0.15, 0.2) is 0 Å². The first kappa shape index (κ1) is 14.2. The van der Waals surface area contributed by atoms with Crippen molar-refractivity contribution < 1.29 is 4.79 Å². The lowest BCUT2D eigenvalue weighted by Crippen LogP contribution is -2.39. The topological polar surface area (TPSA) is 54.0 Å². The van der Waals surface area contributed by atoms with Gasteiger partial charge in [0.1, 0.15) is 0 Å². The number of amides is 1. The van der Waals surface area contributed by atoms with Gasteiger partial charge in [-0.3, -0.25) is 4.79 Å². The highest BCUT2D eigenvalue weighted by molar-refractivity contribution is 7.18. The van der Waals surface area contributed by atoms with E-state index < -0.39 is 0 Å². The fourth-order valence-corrected chi connectivity index (χ4v) is 4.80. The number of aromatic nitrogens is 1. The van der Waals surface area contributed by atoms with Crippen LogP contribution in [0.1, 0.15) is 37.1 Å². The number of piperidine rings is 1. The Labute approximate surface area is 134 Å². The number of hydrogen-bond donors (Lipinski definition) is 2. The van der Waals surface area contributed by atoms with E-state index in [1.807, 2.05) is 25.1 Å². The molecular weight excluding hydrogens is 294 g/mol. The molecular formula is C17H21N3OS. The Morgan fingerprint density at radius 3 is 2.91 bits per heavy atom. The molecule has 22 heavy (non-hydrogen) atoms. The van der Waals surface area contributed by atoms with E-state index in [9.17, 15) is 4.79 Å². The number of carbonyl (C=O) groups is 1. The number of aryl methyl sites for hydroxylation is 1. The summed E-state index contributed by atoms with van der Waals surface area (Å²) in [5.41, 5.74) is 1.90. The molecule has 0 saturated carbocycles. The first-order chi connectivity index (χ1) is 10.7. The van der Waals surface area contributed by atoms with Gasteiger partial charge < -0.3 is 10.6 Å². The summed E-state index contributed by atoms with van der Waals surface area (Å²) in [5, 5.41) is 7.75. The summed E-state index contributed by atoms with van der Waals surface area (Å²) in [6.07, 6.45) is 5.51. The van der Waals surface area contributed by atoms with Crippen molar-refractivity contribution in [1.29, 1.82) is 0 Å².